The Morgan fingerprint density at radius 1 is 1.35 bits per heavy atom. The van der Waals surface area contributed by atoms with Crippen LogP contribution in [0.3, 0.4) is 0 Å². The van der Waals surface area contributed by atoms with Gasteiger partial charge in [-0.1, -0.05) is 13.8 Å². The first-order valence-electron chi connectivity index (χ1n) is 5.89. The van der Waals surface area contributed by atoms with Gasteiger partial charge in [-0.3, -0.25) is 15.1 Å². The number of carbonyl (C=O) groups is 1. The molecule has 4 heteroatoms. The normalized spacial score (nSPS) is 14.6. The van der Waals surface area contributed by atoms with Gasteiger partial charge in [0.05, 0.1) is 0 Å². The number of rotatable bonds is 6. The number of hydrogen-bond acceptors (Lipinski definition) is 3. The first kappa shape index (κ1) is 13.6. The Balaban J connectivity index is 2.64. The van der Waals surface area contributed by atoms with Gasteiger partial charge in [-0.25, -0.2) is 0 Å². The van der Waals surface area contributed by atoms with E-state index >= 15 is 0 Å². The fraction of sp³-hybridized carbons (Fsp3) is 0.538. The van der Waals surface area contributed by atoms with E-state index in [-0.39, 0.29) is 6.04 Å². The smallest absolute Gasteiger partial charge is 0.320 e. The summed E-state index contributed by atoms with van der Waals surface area (Å²) >= 11 is 0. The molecule has 0 aliphatic heterocycles. The number of nitrogens with zero attached hydrogens (tertiary/aromatic N) is 1. The monoisotopic (exact) mass is 236 g/mol. The zero-order valence-electron chi connectivity index (χ0n) is 10.6. The third-order valence-electron chi connectivity index (χ3n) is 2.66. The van der Waals surface area contributed by atoms with Gasteiger partial charge in [-0.2, -0.15) is 0 Å². The highest BCUT2D eigenvalue weighted by Gasteiger charge is 2.21. The van der Waals surface area contributed by atoms with Gasteiger partial charge in [0, 0.05) is 18.4 Å². The third-order valence-corrected chi connectivity index (χ3v) is 2.66. The van der Waals surface area contributed by atoms with Crippen molar-refractivity contribution in [3.05, 3.63) is 30.1 Å². The van der Waals surface area contributed by atoms with Crippen LogP contribution < -0.4 is 5.32 Å². The molecule has 0 aromatic carbocycles. The Kier molecular flexibility index (Phi) is 5.10. The second kappa shape index (κ2) is 6.35. The van der Waals surface area contributed by atoms with Crippen molar-refractivity contribution in [1.29, 1.82) is 0 Å². The van der Waals surface area contributed by atoms with Gasteiger partial charge in [0.2, 0.25) is 0 Å². The molecule has 17 heavy (non-hydrogen) atoms. The molecule has 0 radical (unpaired) electrons. The molecule has 0 spiro atoms. The molecule has 1 aromatic rings. The lowest BCUT2D eigenvalue weighted by Crippen LogP contribution is -2.39. The van der Waals surface area contributed by atoms with E-state index in [2.05, 4.69) is 10.3 Å². The summed E-state index contributed by atoms with van der Waals surface area (Å²) in [4.78, 5) is 15.1. The molecule has 2 unspecified atom stereocenters. The molecular weight excluding hydrogens is 216 g/mol. The lowest BCUT2D eigenvalue weighted by molar-refractivity contribution is -0.140. The number of carboxylic acid groups (broad SMARTS) is 1. The fourth-order valence-electron chi connectivity index (χ4n) is 1.76. The minimum Gasteiger partial charge on any atom is -0.480 e. The van der Waals surface area contributed by atoms with E-state index in [0.29, 0.717) is 12.3 Å². The summed E-state index contributed by atoms with van der Waals surface area (Å²) < 4.78 is 0. The SMILES string of the molecule is CC(C)CC(NC(C)c1ccncc1)C(=O)O. The number of hydrogen-bond donors (Lipinski definition) is 2. The first-order valence-corrected chi connectivity index (χ1v) is 5.89. The summed E-state index contributed by atoms with van der Waals surface area (Å²) in [7, 11) is 0. The van der Waals surface area contributed by atoms with Crippen molar-refractivity contribution in [1.82, 2.24) is 10.3 Å². The van der Waals surface area contributed by atoms with Crippen LogP contribution in [0.5, 0.6) is 0 Å². The molecule has 0 bridgehead atoms. The number of nitrogens with one attached hydrogen (secondary N) is 1. The summed E-state index contributed by atoms with van der Waals surface area (Å²) in [6.07, 6.45) is 4.06. The zero-order chi connectivity index (χ0) is 12.8. The second-order valence-corrected chi connectivity index (χ2v) is 4.69. The lowest BCUT2D eigenvalue weighted by Gasteiger charge is -2.21. The summed E-state index contributed by atoms with van der Waals surface area (Å²) in [5, 5.41) is 12.3. The van der Waals surface area contributed by atoms with E-state index in [4.69, 9.17) is 5.11 Å². The van der Waals surface area contributed by atoms with Crippen molar-refractivity contribution < 1.29 is 9.90 Å². The highest BCUT2D eigenvalue weighted by atomic mass is 16.4. The van der Waals surface area contributed by atoms with E-state index in [0.717, 1.165) is 5.56 Å². The standard InChI is InChI=1S/C13H20N2O2/c1-9(2)8-12(13(16)17)15-10(3)11-4-6-14-7-5-11/h4-7,9-10,12,15H,8H2,1-3H3,(H,16,17). The van der Waals surface area contributed by atoms with Gasteiger partial charge in [0.25, 0.3) is 0 Å². The van der Waals surface area contributed by atoms with Crippen LogP contribution in [0.25, 0.3) is 0 Å². The topological polar surface area (TPSA) is 62.2 Å². The highest BCUT2D eigenvalue weighted by molar-refractivity contribution is 5.73. The predicted molar refractivity (Wildman–Crippen MR) is 66.7 cm³/mol. The van der Waals surface area contributed by atoms with Crippen LogP contribution in [0, 0.1) is 5.92 Å². The molecular formula is C13H20N2O2. The average Bonchev–Trinajstić information content (AvgIpc) is 2.28. The summed E-state index contributed by atoms with van der Waals surface area (Å²) in [5.74, 6) is -0.437. The van der Waals surface area contributed by atoms with Crippen LogP contribution in [0.2, 0.25) is 0 Å². The number of aliphatic carboxylic acids is 1. The zero-order valence-corrected chi connectivity index (χ0v) is 10.6. The van der Waals surface area contributed by atoms with Crippen LogP contribution in [-0.2, 0) is 4.79 Å². The summed E-state index contributed by atoms with van der Waals surface area (Å²) in [6.45, 7) is 6.01. The van der Waals surface area contributed by atoms with Gasteiger partial charge < -0.3 is 5.11 Å². The third kappa shape index (κ3) is 4.53. The number of carboxylic acids is 1. The largest absolute Gasteiger partial charge is 0.480 e. The van der Waals surface area contributed by atoms with Crippen molar-refractivity contribution in [2.24, 2.45) is 5.92 Å². The fourth-order valence-corrected chi connectivity index (χ4v) is 1.76. The van der Waals surface area contributed by atoms with Crippen molar-refractivity contribution in [3.63, 3.8) is 0 Å². The quantitative estimate of drug-likeness (QED) is 0.795. The number of aromatic nitrogens is 1. The maximum Gasteiger partial charge on any atom is 0.320 e. The molecule has 0 fully saturated rings. The van der Waals surface area contributed by atoms with Gasteiger partial charge in [-0.15, -0.1) is 0 Å². The van der Waals surface area contributed by atoms with Gasteiger partial charge >= 0.3 is 5.97 Å². The molecule has 1 rings (SSSR count). The molecule has 94 valence electrons. The van der Waals surface area contributed by atoms with E-state index in [1.807, 2.05) is 32.9 Å². The summed E-state index contributed by atoms with van der Waals surface area (Å²) in [5.41, 5.74) is 1.05. The van der Waals surface area contributed by atoms with Crippen molar-refractivity contribution in [3.8, 4) is 0 Å². The molecule has 1 heterocycles. The van der Waals surface area contributed by atoms with Crippen molar-refractivity contribution in [2.45, 2.75) is 39.3 Å². The Morgan fingerprint density at radius 2 is 1.94 bits per heavy atom. The average molecular weight is 236 g/mol. The van der Waals surface area contributed by atoms with E-state index < -0.39 is 12.0 Å². The Bertz CT molecular complexity index is 352. The molecule has 2 atom stereocenters. The molecule has 4 nitrogen and oxygen atoms in total. The van der Waals surface area contributed by atoms with Crippen molar-refractivity contribution in [2.75, 3.05) is 0 Å². The summed E-state index contributed by atoms with van der Waals surface area (Å²) in [6, 6.07) is 3.30. The molecule has 2 N–H and O–H groups in total. The van der Waals surface area contributed by atoms with Gasteiger partial charge in [-0.05, 0) is 37.0 Å². The molecule has 0 amide bonds. The molecule has 0 saturated heterocycles. The van der Waals surface area contributed by atoms with Crippen LogP contribution in [0.15, 0.2) is 24.5 Å². The molecule has 1 aromatic heterocycles. The first-order chi connectivity index (χ1) is 8.00. The predicted octanol–water partition coefficient (Wildman–Crippen LogP) is 2.23. The number of pyridine rings is 1. The van der Waals surface area contributed by atoms with E-state index in [9.17, 15) is 4.79 Å². The molecule has 0 saturated carbocycles. The maximum absolute atomic E-state index is 11.1. The van der Waals surface area contributed by atoms with Crippen LogP contribution >= 0.6 is 0 Å². The Labute approximate surface area is 102 Å². The maximum atomic E-state index is 11.1. The van der Waals surface area contributed by atoms with Crippen LogP contribution in [-0.4, -0.2) is 22.1 Å². The van der Waals surface area contributed by atoms with Crippen LogP contribution in [0.1, 0.15) is 38.8 Å². The molecule has 0 aliphatic rings. The van der Waals surface area contributed by atoms with E-state index in [1.54, 1.807) is 12.4 Å². The Morgan fingerprint density at radius 3 is 2.41 bits per heavy atom. The van der Waals surface area contributed by atoms with Gasteiger partial charge in [0.15, 0.2) is 0 Å². The highest BCUT2D eigenvalue weighted by Crippen LogP contribution is 2.14. The van der Waals surface area contributed by atoms with Crippen molar-refractivity contribution >= 4 is 5.97 Å². The molecule has 0 aliphatic carbocycles. The van der Waals surface area contributed by atoms with Crippen LogP contribution in [0.4, 0.5) is 0 Å². The Hall–Kier alpha value is -1.42. The van der Waals surface area contributed by atoms with Gasteiger partial charge in [0.1, 0.15) is 6.04 Å². The minimum atomic E-state index is -0.792. The lowest BCUT2D eigenvalue weighted by atomic mass is 10.0. The minimum absolute atomic E-state index is 0.0119. The second-order valence-electron chi connectivity index (χ2n) is 4.69. The van der Waals surface area contributed by atoms with E-state index in [1.165, 1.54) is 0 Å².